The molecule has 7 heteroatoms. The van der Waals surface area contributed by atoms with Crippen LogP contribution in [0.3, 0.4) is 0 Å². The fourth-order valence-electron chi connectivity index (χ4n) is 6.29. The Labute approximate surface area is 254 Å². The van der Waals surface area contributed by atoms with E-state index in [-0.39, 0.29) is 22.9 Å². The van der Waals surface area contributed by atoms with Crippen LogP contribution in [0.4, 0.5) is 8.78 Å². The van der Waals surface area contributed by atoms with Gasteiger partial charge in [0.05, 0.1) is 11.7 Å². The van der Waals surface area contributed by atoms with E-state index in [0.717, 1.165) is 37.3 Å². The summed E-state index contributed by atoms with van der Waals surface area (Å²) in [6.07, 6.45) is 5.95. The van der Waals surface area contributed by atoms with Crippen LogP contribution < -0.4 is 10.6 Å². The number of hydrogen-bond donors (Lipinski definition) is 4. The minimum Gasteiger partial charge on any atom is -0.478 e. The van der Waals surface area contributed by atoms with Gasteiger partial charge in [0.1, 0.15) is 11.6 Å². The topological polar surface area (TPSA) is 81.6 Å². The van der Waals surface area contributed by atoms with Crippen LogP contribution in [0.15, 0.2) is 66.7 Å². The molecule has 4 rings (SSSR count). The molecule has 0 aliphatic heterocycles. The maximum Gasteiger partial charge on any atom is 0.335 e. The minimum absolute atomic E-state index is 0.0195. The summed E-state index contributed by atoms with van der Waals surface area (Å²) in [6, 6.07) is 18.7. The quantitative estimate of drug-likeness (QED) is 0.162. The zero-order valence-corrected chi connectivity index (χ0v) is 25.6. The number of halogens is 2. The first-order valence-electron chi connectivity index (χ1n) is 15.5. The number of benzene rings is 3. The molecule has 232 valence electrons. The van der Waals surface area contributed by atoms with E-state index < -0.39 is 29.7 Å². The second kappa shape index (κ2) is 14.6. The van der Waals surface area contributed by atoms with E-state index >= 15 is 0 Å². The van der Waals surface area contributed by atoms with Gasteiger partial charge in [-0.05, 0) is 84.5 Å². The maximum atomic E-state index is 14.0. The molecule has 0 saturated heterocycles. The van der Waals surface area contributed by atoms with Gasteiger partial charge < -0.3 is 20.8 Å². The molecule has 0 heterocycles. The number of rotatable bonds is 13. The van der Waals surface area contributed by atoms with Crippen LogP contribution in [0.25, 0.3) is 0 Å². The molecule has 0 spiro atoms. The standard InChI is InChI=1S/C36H46F2N2O3/c1-35(2,3)27-13-9-14-28(22-27)36(16-7-4-8-17-36)40-24-33(41)32(21-25-19-29(37)23-30(38)20-25)39-18-10-12-26-11-5-6-15-31(26)34(42)43/h5-6,9,11,13-15,19-20,22-23,32-33,39-41H,4,7-8,10,12,16-18,21,24H2,1-3H3,(H,42,43). The van der Waals surface area contributed by atoms with Crippen molar-refractivity contribution in [2.24, 2.45) is 0 Å². The number of aromatic carboxylic acids is 1. The zero-order chi connectivity index (χ0) is 31.0. The number of carbonyl (C=O) groups is 1. The molecule has 2 unspecified atom stereocenters. The molecule has 5 nitrogen and oxygen atoms in total. The van der Waals surface area contributed by atoms with Crippen LogP contribution >= 0.6 is 0 Å². The smallest absolute Gasteiger partial charge is 0.335 e. The van der Waals surface area contributed by atoms with Gasteiger partial charge in [0.25, 0.3) is 0 Å². The van der Waals surface area contributed by atoms with Gasteiger partial charge in [-0.3, -0.25) is 0 Å². The third kappa shape index (κ3) is 8.94. The maximum absolute atomic E-state index is 14.0. The number of aliphatic hydroxyl groups is 1. The van der Waals surface area contributed by atoms with Crippen LogP contribution in [0.1, 0.15) is 91.9 Å². The Hall–Kier alpha value is -3.13. The van der Waals surface area contributed by atoms with Crippen LogP contribution in [-0.4, -0.2) is 41.4 Å². The lowest BCUT2D eigenvalue weighted by Gasteiger charge is -2.41. The summed E-state index contributed by atoms with van der Waals surface area (Å²) in [4.78, 5) is 11.6. The summed E-state index contributed by atoms with van der Waals surface area (Å²) >= 11 is 0. The van der Waals surface area contributed by atoms with E-state index in [9.17, 15) is 23.8 Å². The van der Waals surface area contributed by atoms with Crippen molar-refractivity contribution in [2.45, 2.75) is 95.2 Å². The van der Waals surface area contributed by atoms with E-state index in [1.54, 1.807) is 12.1 Å². The summed E-state index contributed by atoms with van der Waals surface area (Å²) in [5, 5.41) is 28.2. The Balaban J connectivity index is 1.49. The van der Waals surface area contributed by atoms with Crippen molar-refractivity contribution in [2.75, 3.05) is 13.1 Å². The van der Waals surface area contributed by atoms with Crippen molar-refractivity contribution in [3.8, 4) is 0 Å². The third-order valence-corrected chi connectivity index (χ3v) is 8.76. The number of aryl methyl sites for hydroxylation is 1. The molecule has 1 saturated carbocycles. The Morgan fingerprint density at radius 3 is 2.33 bits per heavy atom. The molecule has 0 aromatic heterocycles. The van der Waals surface area contributed by atoms with E-state index in [1.807, 2.05) is 12.1 Å². The molecular weight excluding hydrogens is 546 g/mol. The summed E-state index contributed by atoms with van der Waals surface area (Å²) in [5.74, 6) is -2.25. The highest BCUT2D eigenvalue weighted by molar-refractivity contribution is 5.89. The highest BCUT2D eigenvalue weighted by atomic mass is 19.1. The Morgan fingerprint density at radius 1 is 0.953 bits per heavy atom. The first-order chi connectivity index (χ1) is 20.5. The second-order valence-corrected chi connectivity index (χ2v) is 13.0. The van der Waals surface area contributed by atoms with Crippen molar-refractivity contribution < 1.29 is 23.8 Å². The summed E-state index contributed by atoms with van der Waals surface area (Å²) in [6.45, 7) is 7.46. The average molecular weight is 593 g/mol. The van der Waals surface area contributed by atoms with Gasteiger partial charge in [-0.2, -0.15) is 0 Å². The first-order valence-corrected chi connectivity index (χ1v) is 15.5. The molecule has 0 bridgehead atoms. The predicted octanol–water partition coefficient (Wildman–Crippen LogP) is 6.90. The summed E-state index contributed by atoms with van der Waals surface area (Å²) in [7, 11) is 0. The van der Waals surface area contributed by atoms with Gasteiger partial charge in [-0.1, -0.05) is 82.5 Å². The Bertz CT molecular complexity index is 1340. The van der Waals surface area contributed by atoms with Gasteiger partial charge in [-0.25, -0.2) is 13.6 Å². The van der Waals surface area contributed by atoms with Gasteiger partial charge in [-0.15, -0.1) is 0 Å². The molecule has 0 radical (unpaired) electrons. The highest BCUT2D eigenvalue weighted by Crippen LogP contribution is 2.38. The molecule has 3 aromatic rings. The fourth-order valence-corrected chi connectivity index (χ4v) is 6.29. The molecule has 43 heavy (non-hydrogen) atoms. The lowest BCUT2D eigenvalue weighted by Crippen LogP contribution is -2.52. The van der Waals surface area contributed by atoms with E-state index in [4.69, 9.17) is 0 Å². The van der Waals surface area contributed by atoms with E-state index in [2.05, 4.69) is 55.7 Å². The van der Waals surface area contributed by atoms with Gasteiger partial charge in [0.2, 0.25) is 0 Å². The van der Waals surface area contributed by atoms with Gasteiger partial charge >= 0.3 is 5.97 Å². The van der Waals surface area contributed by atoms with Crippen molar-refractivity contribution >= 4 is 5.97 Å². The van der Waals surface area contributed by atoms with Crippen molar-refractivity contribution in [3.05, 3.63) is 106 Å². The molecule has 1 aliphatic carbocycles. The fraction of sp³-hybridized carbons (Fsp3) is 0.472. The largest absolute Gasteiger partial charge is 0.478 e. The number of carboxylic acid groups (broad SMARTS) is 1. The van der Waals surface area contributed by atoms with Crippen LogP contribution in [0.5, 0.6) is 0 Å². The Kier molecular flexibility index (Phi) is 11.1. The van der Waals surface area contributed by atoms with Crippen molar-refractivity contribution in [1.82, 2.24) is 10.6 Å². The second-order valence-electron chi connectivity index (χ2n) is 13.0. The van der Waals surface area contributed by atoms with Gasteiger partial charge in [0.15, 0.2) is 0 Å². The monoisotopic (exact) mass is 592 g/mol. The van der Waals surface area contributed by atoms with E-state index in [1.165, 1.54) is 29.7 Å². The van der Waals surface area contributed by atoms with Crippen molar-refractivity contribution in [3.63, 3.8) is 0 Å². The molecule has 4 N–H and O–H groups in total. The number of carboxylic acids is 1. The van der Waals surface area contributed by atoms with E-state index in [0.29, 0.717) is 31.5 Å². The predicted molar refractivity (Wildman–Crippen MR) is 167 cm³/mol. The first kappa shape index (κ1) is 32.8. The lowest BCUT2D eigenvalue weighted by molar-refractivity contribution is 0.0695. The number of nitrogens with one attached hydrogen (secondary N) is 2. The summed E-state index contributed by atoms with van der Waals surface area (Å²) in [5.41, 5.74) is 3.78. The molecule has 1 aliphatic rings. The Morgan fingerprint density at radius 2 is 1.65 bits per heavy atom. The number of aliphatic hydroxyl groups excluding tert-OH is 1. The highest BCUT2D eigenvalue weighted by Gasteiger charge is 2.35. The van der Waals surface area contributed by atoms with Crippen LogP contribution in [0.2, 0.25) is 0 Å². The molecular formula is C36H46F2N2O3. The van der Waals surface area contributed by atoms with Crippen LogP contribution in [-0.2, 0) is 23.8 Å². The van der Waals surface area contributed by atoms with Crippen LogP contribution in [0, 0.1) is 11.6 Å². The summed E-state index contributed by atoms with van der Waals surface area (Å²) < 4.78 is 28.1. The molecule has 3 aromatic carbocycles. The molecule has 2 atom stereocenters. The molecule has 0 amide bonds. The third-order valence-electron chi connectivity index (χ3n) is 8.76. The lowest BCUT2D eigenvalue weighted by atomic mass is 9.74. The SMILES string of the molecule is CC(C)(C)c1cccc(C2(NCC(O)C(Cc3cc(F)cc(F)c3)NCCCc3ccccc3C(=O)O)CCCCC2)c1. The minimum atomic E-state index is -0.958. The normalized spacial score (nSPS) is 16.5. The number of hydrogen-bond acceptors (Lipinski definition) is 4. The van der Waals surface area contributed by atoms with Crippen molar-refractivity contribution in [1.29, 1.82) is 0 Å². The zero-order valence-electron chi connectivity index (χ0n) is 25.6. The molecule has 1 fully saturated rings. The van der Waals surface area contributed by atoms with Gasteiger partial charge in [0, 0.05) is 24.2 Å². The average Bonchev–Trinajstić information content (AvgIpc) is 2.97.